The SMILES string of the molecule is CCc1cccnc1CNCc1ccc2c(c1)OCCO2. The molecule has 0 atom stereocenters. The first-order valence-corrected chi connectivity index (χ1v) is 7.39. The lowest BCUT2D eigenvalue weighted by atomic mass is 10.1. The molecular weight excluding hydrogens is 264 g/mol. The lowest BCUT2D eigenvalue weighted by Crippen LogP contribution is -2.17. The normalized spacial score (nSPS) is 13.2. The first-order valence-electron chi connectivity index (χ1n) is 7.39. The van der Waals surface area contributed by atoms with Gasteiger partial charge in [-0.25, -0.2) is 0 Å². The molecule has 0 radical (unpaired) electrons. The Hall–Kier alpha value is -2.07. The van der Waals surface area contributed by atoms with Gasteiger partial charge in [-0.1, -0.05) is 19.1 Å². The summed E-state index contributed by atoms with van der Waals surface area (Å²) in [7, 11) is 0. The van der Waals surface area contributed by atoms with E-state index in [1.54, 1.807) is 0 Å². The quantitative estimate of drug-likeness (QED) is 0.917. The van der Waals surface area contributed by atoms with E-state index in [9.17, 15) is 0 Å². The standard InChI is InChI=1S/C17H20N2O2/c1-2-14-4-3-7-19-15(14)12-18-11-13-5-6-16-17(10-13)21-9-8-20-16/h3-7,10,18H,2,8-9,11-12H2,1H3. The zero-order valence-electron chi connectivity index (χ0n) is 12.3. The monoisotopic (exact) mass is 284 g/mol. The topological polar surface area (TPSA) is 43.4 Å². The Morgan fingerprint density at radius 2 is 1.95 bits per heavy atom. The summed E-state index contributed by atoms with van der Waals surface area (Å²) < 4.78 is 11.1. The van der Waals surface area contributed by atoms with Crippen molar-refractivity contribution in [2.75, 3.05) is 13.2 Å². The number of aryl methyl sites for hydroxylation is 1. The first kappa shape index (κ1) is 13.9. The van der Waals surface area contributed by atoms with E-state index >= 15 is 0 Å². The number of nitrogens with one attached hydrogen (secondary N) is 1. The molecule has 1 aromatic carbocycles. The third kappa shape index (κ3) is 3.34. The van der Waals surface area contributed by atoms with Crippen LogP contribution in [0, 0.1) is 0 Å². The van der Waals surface area contributed by atoms with Gasteiger partial charge in [-0.15, -0.1) is 0 Å². The largest absolute Gasteiger partial charge is 0.486 e. The van der Waals surface area contributed by atoms with E-state index in [1.807, 2.05) is 24.4 Å². The molecule has 0 amide bonds. The van der Waals surface area contributed by atoms with Crippen LogP contribution in [-0.2, 0) is 19.5 Å². The highest BCUT2D eigenvalue weighted by Gasteiger charge is 2.11. The summed E-state index contributed by atoms with van der Waals surface area (Å²) in [6.45, 7) is 4.97. The van der Waals surface area contributed by atoms with Crippen molar-refractivity contribution in [2.45, 2.75) is 26.4 Å². The predicted molar refractivity (Wildman–Crippen MR) is 81.6 cm³/mol. The molecule has 0 bridgehead atoms. The maximum atomic E-state index is 5.60. The van der Waals surface area contributed by atoms with Crippen molar-refractivity contribution < 1.29 is 9.47 Å². The van der Waals surface area contributed by atoms with Gasteiger partial charge < -0.3 is 14.8 Å². The van der Waals surface area contributed by atoms with Crippen LogP contribution in [0.5, 0.6) is 11.5 Å². The van der Waals surface area contributed by atoms with Crippen molar-refractivity contribution in [1.29, 1.82) is 0 Å². The second-order valence-electron chi connectivity index (χ2n) is 5.04. The summed E-state index contributed by atoms with van der Waals surface area (Å²) in [5.74, 6) is 1.68. The van der Waals surface area contributed by atoms with Crippen molar-refractivity contribution in [3.8, 4) is 11.5 Å². The maximum absolute atomic E-state index is 5.60. The molecule has 4 nitrogen and oxygen atoms in total. The second kappa shape index (κ2) is 6.59. The fraction of sp³-hybridized carbons (Fsp3) is 0.353. The Bertz CT molecular complexity index is 613. The summed E-state index contributed by atoms with van der Waals surface area (Å²) >= 11 is 0. The number of rotatable bonds is 5. The molecule has 2 heterocycles. The lowest BCUT2D eigenvalue weighted by molar-refractivity contribution is 0.171. The Labute approximate surface area is 125 Å². The Balaban J connectivity index is 1.60. The van der Waals surface area contributed by atoms with Crippen LogP contribution in [0.4, 0.5) is 0 Å². The Kier molecular flexibility index (Phi) is 4.36. The fourth-order valence-electron chi connectivity index (χ4n) is 2.48. The third-order valence-corrected chi connectivity index (χ3v) is 3.59. The van der Waals surface area contributed by atoms with Crippen molar-refractivity contribution in [2.24, 2.45) is 0 Å². The molecule has 0 saturated carbocycles. The minimum atomic E-state index is 0.623. The van der Waals surface area contributed by atoms with E-state index < -0.39 is 0 Å². The number of nitrogens with zero attached hydrogens (tertiary/aromatic N) is 1. The molecule has 1 aliphatic heterocycles. The number of hydrogen-bond acceptors (Lipinski definition) is 4. The zero-order chi connectivity index (χ0) is 14.5. The van der Waals surface area contributed by atoms with Crippen LogP contribution in [-0.4, -0.2) is 18.2 Å². The summed E-state index contributed by atoms with van der Waals surface area (Å²) in [6.07, 6.45) is 2.86. The summed E-state index contributed by atoms with van der Waals surface area (Å²) in [4.78, 5) is 4.44. The summed E-state index contributed by atoms with van der Waals surface area (Å²) in [5.41, 5.74) is 3.61. The minimum Gasteiger partial charge on any atom is -0.486 e. The Morgan fingerprint density at radius 3 is 2.81 bits per heavy atom. The molecule has 21 heavy (non-hydrogen) atoms. The molecule has 110 valence electrons. The fourth-order valence-corrected chi connectivity index (χ4v) is 2.48. The number of fused-ring (bicyclic) bond motifs is 1. The highest BCUT2D eigenvalue weighted by atomic mass is 16.6. The highest BCUT2D eigenvalue weighted by Crippen LogP contribution is 2.30. The van der Waals surface area contributed by atoms with Gasteiger partial charge in [0.05, 0.1) is 5.69 Å². The number of aromatic nitrogens is 1. The number of ether oxygens (including phenoxy) is 2. The molecule has 0 unspecified atom stereocenters. The smallest absolute Gasteiger partial charge is 0.161 e. The first-order chi connectivity index (χ1) is 10.4. The van der Waals surface area contributed by atoms with Gasteiger partial charge in [0.25, 0.3) is 0 Å². The third-order valence-electron chi connectivity index (χ3n) is 3.59. The van der Waals surface area contributed by atoms with Crippen LogP contribution >= 0.6 is 0 Å². The number of hydrogen-bond donors (Lipinski definition) is 1. The van der Waals surface area contributed by atoms with Gasteiger partial charge >= 0.3 is 0 Å². The highest BCUT2D eigenvalue weighted by molar-refractivity contribution is 5.43. The van der Waals surface area contributed by atoms with Crippen molar-refractivity contribution in [1.82, 2.24) is 10.3 Å². The van der Waals surface area contributed by atoms with Crippen LogP contribution < -0.4 is 14.8 Å². The van der Waals surface area contributed by atoms with Gasteiger partial charge in [0, 0.05) is 19.3 Å². The van der Waals surface area contributed by atoms with E-state index in [0.717, 1.165) is 36.7 Å². The van der Waals surface area contributed by atoms with Crippen LogP contribution in [0.3, 0.4) is 0 Å². The number of benzene rings is 1. The number of pyridine rings is 1. The molecule has 1 aromatic heterocycles. The molecule has 0 aliphatic carbocycles. The molecule has 0 fully saturated rings. The molecule has 0 spiro atoms. The van der Waals surface area contributed by atoms with Crippen LogP contribution in [0.25, 0.3) is 0 Å². The van der Waals surface area contributed by atoms with E-state index in [4.69, 9.17) is 9.47 Å². The van der Waals surface area contributed by atoms with Crippen molar-refractivity contribution >= 4 is 0 Å². The molecule has 1 N–H and O–H groups in total. The van der Waals surface area contributed by atoms with E-state index in [1.165, 1.54) is 11.1 Å². The predicted octanol–water partition coefficient (Wildman–Crippen LogP) is 2.71. The molecule has 3 rings (SSSR count). The van der Waals surface area contributed by atoms with Gasteiger partial charge in [0.15, 0.2) is 11.5 Å². The van der Waals surface area contributed by atoms with Gasteiger partial charge in [-0.2, -0.15) is 0 Å². The average molecular weight is 284 g/mol. The maximum Gasteiger partial charge on any atom is 0.161 e. The van der Waals surface area contributed by atoms with Gasteiger partial charge in [-0.3, -0.25) is 4.98 Å². The second-order valence-corrected chi connectivity index (χ2v) is 5.04. The molecule has 0 saturated heterocycles. The van der Waals surface area contributed by atoms with Gasteiger partial charge in [-0.05, 0) is 35.7 Å². The Morgan fingerprint density at radius 1 is 1.10 bits per heavy atom. The van der Waals surface area contributed by atoms with Gasteiger partial charge in [0.2, 0.25) is 0 Å². The van der Waals surface area contributed by atoms with Gasteiger partial charge in [0.1, 0.15) is 13.2 Å². The van der Waals surface area contributed by atoms with Crippen LogP contribution in [0.15, 0.2) is 36.5 Å². The molecule has 4 heteroatoms. The van der Waals surface area contributed by atoms with Crippen molar-refractivity contribution in [3.05, 3.63) is 53.3 Å². The zero-order valence-corrected chi connectivity index (χ0v) is 12.3. The molecular formula is C17H20N2O2. The molecule has 2 aromatic rings. The van der Waals surface area contributed by atoms with Crippen LogP contribution in [0.1, 0.15) is 23.7 Å². The van der Waals surface area contributed by atoms with E-state index in [2.05, 4.69) is 29.4 Å². The van der Waals surface area contributed by atoms with E-state index in [0.29, 0.717) is 13.2 Å². The molecule has 1 aliphatic rings. The minimum absolute atomic E-state index is 0.623. The average Bonchev–Trinajstić information content (AvgIpc) is 2.55. The van der Waals surface area contributed by atoms with Crippen molar-refractivity contribution in [3.63, 3.8) is 0 Å². The summed E-state index contributed by atoms with van der Waals surface area (Å²) in [6, 6.07) is 10.2. The lowest BCUT2D eigenvalue weighted by Gasteiger charge is -2.19. The van der Waals surface area contributed by atoms with E-state index in [-0.39, 0.29) is 0 Å². The van der Waals surface area contributed by atoms with Crippen LogP contribution in [0.2, 0.25) is 0 Å². The summed E-state index contributed by atoms with van der Waals surface area (Å²) in [5, 5.41) is 3.44.